The van der Waals surface area contributed by atoms with E-state index in [-0.39, 0.29) is 6.10 Å². The Hall–Kier alpha value is -2.34. The quantitative estimate of drug-likeness (QED) is 0.412. The zero-order valence-corrected chi connectivity index (χ0v) is 20.2. The Bertz CT molecular complexity index is 1150. The van der Waals surface area contributed by atoms with Gasteiger partial charge in [0.05, 0.1) is 46.6 Å². The molecular formula is C23H29ClN5O2P. The fourth-order valence-corrected chi connectivity index (χ4v) is 5.46. The van der Waals surface area contributed by atoms with Gasteiger partial charge in [0.25, 0.3) is 0 Å². The van der Waals surface area contributed by atoms with Gasteiger partial charge >= 0.3 is 0 Å². The third kappa shape index (κ3) is 5.01. The Morgan fingerprint density at radius 1 is 1.06 bits per heavy atom. The summed E-state index contributed by atoms with van der Waals surface area (Å²) in [6, 6.07) is 9.70. The molecule has 0 spiro atoms. The Labute approximate surface area is 193 Å². The zero-order chi connectivity index (χ0) is 22.9. The molecule has 7 nitrogen and oxygen atoms in total. The minimum Gasteiger partial charge on any atom is -0.393 e. The molecule has 1 saturated carbocycles. The van der Waals surface area contributed by atoms with E-state index in [9.17, 15) is 9.67 Å². The van der Waals surface area contributed by atoms with E-state index in [0.717, 1.165) is 48.1 Å². The first kappa shape index (κ1) is 22.8. The van der Waals surface area contributed by atoms with Crippen LogP contribution in [0.15, 0.2) is 42.7 Å². The van der Waals surface area contributed by atoms with Crippen LogP contribution >= 0.6 is 18.7 Å². The summed E-state index contributed by atoms with van der Waals surface area (Å²) in [5.41, 5.74) is 3.35. The predicted molar refractivity (Wildman–Crippen MR) is 132 cm³/mol. The van der Waals surface area contributed by atoms with E-state index < -0.39 is 7.14 Å². The molecule has 4 rings (SSSR count). The summed E-state index contributed by atoms with van der Waals surface area (Å²) >= 11 is 6.41. The van der Waals surface area contributed by atoms with Gasteiger partial charge in [-0.15, -0.1) is 0 Å². The van der Waals surface area contributed by atoms with Crippen molar-refractivity contribution < 1.29 is 9.67 Å². The van der Waals surface area contributed by atoms with Crippen molar-refractivity contribution in [2.24, 2.45) is 0 Å². The molecule has 9 heteroatoms. The Morgan fingerprint density at radius 2 is 1.78 bits per heavy atom. The largest absolute Gasteiger partial charge is 0.393 e. The molecule has 0 bridgehead atoms. The Kier molecular flexibility index (Phi) is 6.61. The number of hydrogen-bond donors (Lipinski definition) is 3. The van der Waals surface area contributed by atoms with E-state index >= 15 is 0 Å². The predicted octanol–water partition coefficient (Wildman–Crippen LogP) is 5.45. The van der Waals surface area contributed by atoms with Gasteiger partial charge in [-0.1, -0.05) is 23.7 Å². The lowest BCUT2D eigenvalue weighted by Crippen LogP contribution is -2.22. The number of nitrogens with one attached hydrogen (secondary N) is 2. The lowest BCUT2D eigenvalue weighted by atomic mass is 9.93. The highest BCUT2D eigenvalue weighted by atomic mass is 35.5. The van der Waals surface area contributed by atoms with Gasteiger partial charge in [0, 0.05) is 17.1 Å². The van der Waals surface area contributed by atoms with Crippen LogP contribution in [0.4, 0.5) is 22.9 Å². The molecule has 32 heavy (non-hydrogen) atoms. The van der Waals surface area contributed by atoms with Crippen LogP contribution in [-0.2, 0) is 4.57 Å². The number of nitrogens with zero attached hydrogens (tertiary/aromatic N) is 3. The number of hydrogen-bond acceptors (Lipinski definition) is 6. The van der Waals surface area contributed by atoms with Gasteiger partial charge in [0.15, 0.2) is 0 Å². The molecule has 1 aliphatic rings. The molecule has 1 aromatic carbocycles. The van der Waals surface area contributed by atoms with Crippen LogP contribution in [0.3, 0.4) is 0 Å². The number of benzene rings is 1. The minimum absolute atomic E-state index is 0.191. The molecule has 0 atom stereocenters. The van der Waals surface area contributed by atoms with Crippen molar-refractivity contribution >= 4 is 46.9 Å². The first-order valence-electron chi connectivity index (χ1n) is 10.8. The lowest BCUT2D eigenvalue weighted by molar-refractivity contribution is 0.107. The second-order valence-electron chi connectivity index (χ2n) is 8.72. The molecule has 0 saturated heterocycles. The monoisotopic (exact) mass is 473 g/mol. The summed E-state index contributed by atoms with van der Waals surface area (Å²) in [7, 11) is -2.46. The van der Waals surface area contributed by atoms with Crippen LogP contribution in [0.5, 0.6) is 0 Å². The summed E-state index contributed by atoms with van der Waals surface area (Å²) < 4.78 is 14.7. The molecular weight excluding hydrogens is 445 g/mol. The summed E-state index contributed by atoms with van der Waals surface area (Å²) in [6.07, 6.45) is 6.68. The lowest BCUT2D eigenvalue weighted by Gasteiger charge is -2.26. The van der Waals surface area contributed by atoms with Gasteiger partial charge in [-0.3, -0.25) is 4.68 Å². The summed E-state index contributed by atoms with van der Waals surface area (Å²) in [6.45, 7) is 5.54. The minimum atomic E-state index is -2.46. The average molecular weight is 474 g/mol. The standard InChI is InChI=1S/C23H29ClN5O2P/c1-15-21(14-26-29(15)16-8-10-17(30)11-9-16)28-23-12-20(18(24)13-25-23)27-19-6-4-5-7-22(19)32(2,3)31/h4-7,12-14,16-17,30H,8-11H2,1-3H3,(H2,25,27,28)/t16-,17+. The number of rotatable bonds is 6. The fraction of sp³-hybridized carbons (Fsp3) is 0.391. The number of anilines is 4. The highest BCUT2D eigenvalue weighted by Gasteiger charge is 2.23. The van der Waals surface area contributed by atoms with Crippen LogP contribution < -0.4 is 15.9 Å². The molecule has 170 valence electrons. The zero-order valence-electron chi connectivity index (χ0n) is 18.5. The third-order valence-corrected chi connectivity index (χ3v) is 7.78. The molecule has 1 aliphatic carbocycles. The summed E-state index contributed by atoms with van der Waals surface area (Å²) in [4.78, 5) is 4.41. The summed E-state index contributed by atoms with van der Waals surface area (Å²) in [5.74, 6) is 0.632. The Morgan fingerprint density at radius 3 is 2.50 bits per heavy atom. The maximum Gasteiger partial charge on any atom is 0.132 e. The van der Waals surface area contributed by atoms with Crippen molar-refractivity contribution in [3.05, 3.63) is 53.4 Å². The second kappa shape index (κ2) is 9.26. The van der Waals surface area contributed by atoms with Crippen molar-refractivity contribution in [3.8, 4) is 0 Å². The first-order chi connectivity index (χ1) is 15.2. The third-order valence-electron chi connectivity index (χ3n) is 5.93. The summed E-state index contributed by atoms with van der Waals surface area (Å²) in [5, 5.41) is 22.3. The molecule has 3 N–H and O–H groups in total. The number of halogens is 1. The van der Waals surface area contributed by atoms with Crippen LogP contribution in [0, 0.1) is 6.92 Å². The van der Waals surface area contributed by atoms with Gasteiger partial charge in [-0.25, -0.2) is 4.98 Å². The molecule has 2 aromatic heterocycles. The van der Waals surface area contributed by atoms with Crippen molar-refractivity contribution in [2.75, 3.05) is 24.0 Å². The van der Waals surface area contributed by atoms with E-state index in [1.165, 1.54) is 0 Å². The molecule has 0 amide bonds. The molecule has 0 radical (unpaired) electrons. The number of aliphatic hydroxyl groups is 1. The first-order valence-corrected chi connectivity index (χ1v) is 13.8. The van der Waals surface area contributed by atoms with E-state index in [0.29, 0.717) is 22.6 Å². The molecule has 1 fully saturated rings. The molecule has 2 heterocycles. The van der Waals surface area contributed by atoms with Crippen LogP contribution in [0.25, 0.3) is 0 Å². The molecule has 0 unspecified atom stereocenters. The molecule has 0 aliphatic heterocycles. The van der Waals surface area contributed by atoms with Crippen molar-refractivity contribution in [1.82, 2.24) is 14.8 Å². The average Bonchev–Trinajstić information content (AvgIpc) is 3.11. The van der Waals surface area contributed by atoms with Crippen LogP contribution in [-0.4, -0.2) is 39.3 Å². The normalized spacial score (nSPS) is 19.0. The number of para-hydroxylation sites is 1. The molecule has 3 aromatic rings. The van der Waals surface area contributed by atoms with Crippen molar-refractivity contribution in [3.63, 3.8) is 0 Å². The van der Waals surface area contributed by atoms with E-state index in [1.807, 2.05) is 48.1 Å². The van der Waals surface area contributed by atoms with E-state index in [1.54, 1.807) is 19.5 Å². The Balaban J connectivity index is 1.55. The van der Waals surface area contributed by atoms with Gasteiger partial charge in [0.2, 0.25) is 0 Å². The van der Waals surface area contributed by atoms with Crippen molar-refractivity contribution in [1.29, 1.82) is 0 Å². The van der Waals surface area contributed by atoms with Crippen molar-refractivity contribution in [2.45, 2.75) is 44.8 Å². The second-order valence-corrected chi connectivity index (χ2v) is 12.3. The van der Waals surface area contributed by atoms with Crippen LogP contribution in [0.1, 0.15) is 37.4 Å². The smallest absolute Gasteiger partial charge is 0.132 e. The van der Waals surface area contributed by atoms with Crippen LogP contribution in [0.2, 0.25) is 5.02 Å². The van der Waals surface area contributed by atoms with Gasteiger partial charge < -0.3 is 20.3 Å². The number of pyridine rings is 1. The SMILES string of the molecule is Cc1c(Nc2cc(Nc3ccccc3P(C)(C)=O)c(Cl)cn2)cnn1[C@H]1CC[C@@H](O)CC1. The number of aromatic nitrogens is 3. The maximum absolute atomic E-state index is 12.7. The highest BCUT2D eigenvalue weighted by molar-refractivity contribution is 7.70. The van der Waals surface area contributed by atoms with E-state index in [4.69, 9.17) is 11.6 Å². The fourth-order valence-electron chi connectivity index (χ4n) is 4.15. The van der Waals surface area contributed by atoms with E-state index in [2.05, 4.69) is 20.7 Å². The highest BCUT2D eigenvalue weighted by Crippen LogP contribution is 2.39. The van der Waals surface area contributed by atoms with Gasteiger partial charge in [-0.05, 0) is 58.1 Å². The topological polar surface area (TPSA) is 92.1 Å². The van der Waals surface area contributed by atoms with Gasteiger partial charge in [-0.2, -0.15) is 5.10 Å². The number of aliphatic hydroxyl groups excluding tert-OH is 1. The maximum atomic E-state index is 12.7. The van der Waals surface area contributed by atoms with Gasteiger partial charge in [0.1, 0.15) is 13.0 Å².